The number of carboxylic acids is 1. The number of carboxylic acid groups (broad SMARTS) is 1. The normalized spacial score (nSPS) is 20.2. The number of benzene rings is 2. The first-order chi connectivity index (χ1) is 23.3. The average molecular weight is 718 g/mol. The van der Waals surface area contributed by atoms with Gasteiger partial charge in [-0.3, -0.25) is 38.6 Å². The number of aliphatic imine (C=N–C) groups is 1. The molecule has 6 amide bonds. The van der Waals surface area contributed by atoms with Crippen molar-refractivity contribution in [3.63, 3.8) is 0 Å². The SMILES string of the molecule is NC(=O)C1CSSCCC(=O)N[C@@H](CCCCN=C(N)N)C(=O)NCC(=O)N[C@@H](CC(=O)O)C(=O)Nc2cc(cc3ccccc23)C(=O)N1. The molecule has 2 aromatic carbocycles. The third-order valence-corrected chi connectivity index (χ3v) is 9.48. The number of nitrogens with zero attached hydrogens (tertiary/aromatic N) is 1. The lowest BCUT2D eigenvalue weighted by Gasteiger charge is -2.21. The molecule has 3 atom stereocenters. The van der Waals surface area contributed by atoms with Gasteiger partial charge >= 0.3 is 5.97 Å². The van der Waals surface area contributed by atoms with Gasteiger partial charge in [0.15, 0.2) is 5.96 Å². The van der Waals surface area contributed by atoms with Gasteiger partial charge in [-0.15, -0.1) is 0 Å². The summed E-state index contributed by atoms with van der Waals surface area (Å²) in [4.78, 5) is 93.0. The van der Waals surface area contributed by atoms with Crippen LogP contribution in [0.3, 0.4) is 0 Å². The lowest BCUT2D eigenvalue weighted by molar-refractivity contribution is -0.140. The van der Waals surface area contributed by atoms with Gasteiger partial charge in [-0.25, -0.2) is 0 Å². The Morgan fingerprint density at radius 1 is 0.898 bits per heavy atom. The van der Waals surface area contributed by atoms with E-state index in [4.69, 9.17) is 17.2 Å². The number of guanidine groups is 1. The van der Waals surface area contributed by atoms with E-state index in [-0.39, 0.29) is 35.8 Å². The van der Waals surface area contributed by atoms with Crippen molar-refractivity contribution in [3.8, 4) is 0 Å². The third kappa shape index (κ3) is 12.8. The summed E-state index contributed by atoms with van der Waals surface area (Å²) >= 11 is 0. The Morgan fingerprint density at radius 3 is 2.35 bits per heavy atom. The van der Waals surface area contributed by atoms with Crippen LogP contribution in [0.5, 0.6) is 0 Å². The Bertz CT molecular complexity index is 1600. The molecule has 17 nitrogen and oxygen atoms in total. The first-order valence-corrected chi connectivity index (χ1v) is 17.6. The molecule has 0 radical (unpaired) electrons. The summed E-state index contributed by atoms with van der Waals surface area (Å²) in [5.74, 6) is -5.41. The first kappa shape index (κ1) is 38.4. The number of carbonyl (C=O) groups excluding carboxylic acids is 6. The van der Waals surface area contributed by atoms with Gasteiger partial charge in [-0.05, 0) is 36.8 Å². The van der Waals surface area contributed by atoms with Crippen LogP contribution < -0.4 is 43.8 Å². The van der Waals surface area contributed by atoms with Crippen molar-refractivity contribution < 1.29 is 38.7 Å². The Hall–Kier alpha value is -5.04. The molecule has 0 aliphatic carbocycles. The lowest BCUT2D eigenvalue weighted by Crippen LogP contribution is -2.51. The number of carbonyl (C=O) groups is 7. The van der Waals surface area contributed by atoms with Crippen LogP contribution in [0.2, 0.25) is 0 Å². The largest absolute Gasteiger partial charge is 0.481 e. The number of hydrogen-bond acceptors (Lipinski definition) is 10. The fourth-order valence-corrected chi connectivity index (χ4v) is 6.80. The molecular formula is C30H39N9O8S2. The van der Waals surface area contributed by atoms with Gasteiger partial charge in [-0.1, -0.05) is 45.9 Å². The molecule has 2 bridgehead atoms. The van der Waals surface area contributed by atoms with Crippen LogP contribution in [0.25, 0.3) is 10.8 Å². The van der Waals surface area contributed by atoms with Gasteiger partial charge in [0.2, 0.25) is 29.5 Å². The number of amides is 6. The Morgan fingerprint density at radius 2 is 1.63 bits per heavy atom. The minimum atomic E-state index is -1.57. The van der Waals surface area contributed by atoms with Crippen molar-refractivity contribution in [1.82, 2.24) is 21.3 Å². The van der Waals surface area contributed by atoms with Crippen molar-refractivity contribution in [2.45, 2.75) is 50.2 Å². The predicted octanol–water partition coefficient (Wildman–Crippen LogP) is -0.849. The highest BCUT2D eigenvalue weighted by Gasteiger charge is 2.27. The van der Waals surface area contributed by atoms with Crippen LogP contribution in [0.4, 0.5) is 5.69 Å². The number of primary amides is 1. The molecule has 0 saturated carbocycles. The van der Waals surface area contributed by atoms with Gasteiger partial charge < -0.3 is 48.9 Å². The average Bonchev–Trinajstić information content (AvgIpc) is 3.04. The molecule has 1 heterocycles. The van der Waals surface area contributed by atoms with E-state index in [9.17, 15) is 38.7 Å². The maximum absolute atomic E-state index is 13.4. The summed E-state index contributed by atoms with van der Waals surface area (Å²) in [6.45, 7) is -0.310. The summed E-state index contributed by atoms with van der Waals surface area (Å²) in [5, 5.41) is 23.1. The minimum absolute atomic E-state index is 0.00930. The number of aliphatic carboxylic acids is 1. The molecule has 0 aromatic heterocycles. The third-order valence-electron chi connectivity index (χ3n) is 7.06. The number of nitrogens with two attached hydrogens (primary N) is 3. The van der Waals surface area contributed by atoms with E-state index in [0.29, 0.717) is 35.9 Å². The fourth-order valence-electron chi connectivity index (χ4n) is 4.63. The maximum Gasteiger partial charge on any atom is 0.305 e. The number of anilines is 1. The summed E-state index contributed by atoms with van der Waals surface area (Å²) in [5.41, 5.74) is 16.4. The van der Waals surface area contributed by atoms with Crippen LogP contribution in [0.1, 0.15) is 42.5 Å². The molecule has 1 aliphatic rings. The Kier molecular flexibility index (Phi) is 15.0. The molecule has 0 spiro atoms. The second kappa shape index (κ2) is 19.1. The molecule has 1 aliphatic heterocycles. The molecule has 264 valence electrons. The van der Waals surface area contributed by atoms with Crippen molar-refractivity contribution in [1.29, 1.82) is 0 Å². The number of hydrogen-bond donors (Lipinski definition) is 9. The van der Waals surface area contributed by atoms with Crippen LogP contribution in [0.15, 0.2) is 41.4 Å². The molecule has 12 N–H and O–H groups in total. The predicted molar refractivity (Wildman–Crippen MR) is 186 cm³/mol. The first-order valence-electron chi connectivity index (χ1n) is 15.2. The van der Waals surface area contributed by atoms with Gasteiger partial charge in [0.25, 0.3) is 5.91 Å². The van der Waals surface area contributed by atoms with Crippen molar-refractivity contribution in [2.75, 3.05) is 29.9 Å². The van der Waals surface area contributed by atoms with Gasteiger partial charge in [0, 0.05) is 41.1 Å². The summed E-state index contributed by atoms with van der Waals surface area (Å²) < 4.78 is 0. The number of unbranched alkanes of at least 4 members (excludes halogenated alkanes) is 1. The fraction of sp³-hybridized carbons (Fsp3) is 0.400. The van der Waals surface area contributed by atoms with E-state index in [2.05, 4.69) is 31.6 Å². The summed E-state index contributed by atoms with van der Waals surface area (Å²) in [6.07, 6.45) is 0.358. The Labute approximate surface area is 289 Å². The topological polar surface area (TPSA) is 290 Å². The van der Waals surface area contributed by atoms with Gasteiger partial charge in [-0.2, -0.15) is 0 Å². The van der Waals surface area contributed by atoms with Crippen LogP contribution >= 0.6 is 21.6 Å². The second-order valence-corrected chi connectivity index (χ2v) is 13.5. The number of rotatable bonds is 8. The smallest absolute Gasteiger partial charge is 0.305 e. The standard InChI is InChI=1S/C30H39N9O8S2/c31-26(44)22-15-49-48-10-8-23(40)36-19(7-3-4-9-34-30(32)33)28(46)35-14-24(41)37-21(13-25(42)43)29(47)38-20-12-17(27(45)39-22)11-16-5-1-2-6-18(16)20/h1-2,5-6,11-12,19,21-22H,3-4,7-10,13-15H2,(H2,31,44)(H,35,46)(H,36,40)(H,37,41)(H,38,47)(H,39,45)(H,42,43)(H4,32,33,34)/t19-,21-,22?/m0/s1. The van der Waals surface area contributed by atoms with E-state index in [0.717, 1.165) is 0 Å². The molecule has 0 fully saturated rings. The summed E-state index contributed by atoms with van der Waals surface area (Å²) in [6, 6.07) is 6.00. The van der Waals surface area contributed by atoms with Crippen LogP contribution in [-0.2, 0) is 28.8 Å². The van der Waals surface area contributed by atoms with E-state index >= 15 is 0 Å². The Balaban J connectivity index is 1.89. The highest BCUT2D eigenvalue weighted by molar-refractivity contribution is 8.76. The second-order valence-electron chi connectivity index (χ2n) is 10.9. The van der Waals surface area contributed by atoms with Gasteiger partial charge in [0.1, 0.15) is 18.1 Å². The quantitative estimate of drug-likeness (QED) is 0.0699. The van der Waals surface area contributed by atoms with Crippen molar-refractivity contribution in [2.24, 2.45) is 22.2 Å². The van der Waals surface area contributed by atoms with E-state index in [1.165, 1.54) is 27.7 Å². The zero-order valence-corrected chi connectivity index (χ0v) is 28.0. The highest BCUT2D eigenvalue weighted by Crippen LogP contribution is 2.27. The van der Waals surface area contributed by atoms with Gasteiger partial charge in [0.05, 0.1) is 13.0 Å². The van der Waals surface area contributed by atoms with Crippen LogP contribution in [-0.4, -0.2) is 95.2 Å². The monoisotopic (exact) mass is 717 g/mol. The molecule has 0 saturated heterocycles. The molecular weight excluding hydrogens is 679 g/mol. The van der Waals surface area contributed by atoms with Crippen LogP contribution in [0, 0.1) is 0 Å². The van der Waals surface area contributed by atoms with Crippen molar-refractivity contribution >= 4 is 85.4 Å². The molecule has 2 aromatic rings. The number of nitrogens with one attached hydrogen (secondary N) is 5. The maximum atomic E-state index is 13.4. The number of fused-ring (bicyclic) bond motifs is 4. The van der Waals surface area contributed by atoms with Crippen molar-refractivity contribution in [3.05, 3.63) is 42.0 Å². The molecule has 1 unspecified atom stereocenters. The molecule has 19 heteroatoms. The van der Waals surface area contributed by atoms with E-state index in [1.807, 2.05) is 0 Å². The zero-order chi connectivity index (χ0) is 35.9. The highest BCUT2D eigenvalue weighted by atomic mass is 33.1. The minimum Gasteiger partial charge on any atom is -0.481 e. The lowest BCUT2D eigenvalue weighted by atomic mass is 10.0. The zero-order valence-electron chi connectivity index (χ0n) is 26.4. The molecule has 3 rings (SSSR count). The van der Waals surface area contributed by atoms with E-state index < -0.39 is 72.5 Å². The van der Waals surface area contributed by atoms with E-state index in [1.54, 1.807) is 30.3 Å². The molecule has 49 heavy (non-hydrogen) atoms. The summed E-state index contributed by atoms with van der Waals surface area (Å²) in [7, 11) is 2.48.